The van der Waals surface area contributed by atoms with Crippen LogP contribution in [0.15, 0.2) is 55.0 Å². The number of aromatic nitrogens is 3. The topological polar surface area (TPSA) is 103 Å². The molecule has 3 aromatic rings. The highest BCUT2D eigenvalue weighted by Gasteiger charge is 2.42. The van der Waals surface area contributed by atoms with Gasteiger partial charge in [0, 0.05) is 37.4 Å². The molecule has 3 N–H and O–H groups in total. The van der Waals surface area contributed by atoms with Gasteiger partial charge in [-0.25, -0.2) is 15.0 Å². The summed E-state index contributed by atoms with van der Waals surface area (Å²) in [7, 11) is 0. The molecule has 0 radical (unpaired) electrons. The molecule has 172 valence electrons. The number of benzene rings is 1. The van der Waals surface area contributed by atoms with Crippen LogP contribution in [0.5, 0.6) is 0 Å². The van der Waals surface area contributed by atoms with Crippen molar-refractivity contribution in [3.63, 3.8) is 0 Å². The first-order chi connectivity index (χ1) is 16.1. The summed E-state index contributed by atoms with van der Waals surface area (Å²) in [6.45, 7) is 3.29. The lowest BCUT2D eigenvalue weighted by Gasteiger charge is -2.36. The Morgan fingerprint density at radius 3 is 2.45 bits per heavy atom. The lowest BCUT2D eigenvalue weighted by Crippen LogP contribution is -2.45. The first-order valence-electron chi connectivity index (χ1n) is 11.6. The fourth-order valence-electron chi connectivity index (χ4n) is 4.35. The first-order valence-corrected chi connectivity index (χ1v) is 11.6. The number of pyridine rings is 1. The molecule has 0 aliphatic carbocycles. The average Bonchev–Trinajstić information content (AvgIpc) is 2.85. The normalized spacial score (nSPS) is 15.2. The van der Waals surface area contributed by atoms with Crippen molar-refractivity contribution in [2.45, 2.75) is 50.9 Å². The molecule has 1 aliphatic heterocycles. The Hall–Kier alpha value is -3.32. The van der Waals surface area contributed by atoms with Gasteiger partial charge in [0.05, 0.1) is 5.41 Å². The third kappa shape index (κ3) is 5.37. The van der Waals surface area contributed by atoms with Crippen molar-refractivity contribution >= 4 is 17.7 Å². The minimum absolute atomic E-state index is 0.0347. The van der Waals surface area contributed by atoms with E-state index < -0.39 is 5.41 Å². The van der Waals surface area contributed by atoms with Gasteiger partial charge in [-0.3, -0.25) is 4.79 Å². The summed E-state index contributed by atoms with van der Waals surface area (Å²) in [6, 6.07) is 12.1. The van der Waals surface area contributed by atoms with E-state index >= 15 is 0 Å². The third-order valence-electron chi connectivity index (χ3n) is 6.36. The number of nitrogens with one attached hydrogen (secondary N) is 1. The minimum Gasteiger partial charge on any atom is -0.381 e. The van der Waals surface area contributed by atoms with Crippen LogP contribution in [0.4, 0.5) is 11.8 Å². The van der Waals surface area contributed by atoms with Gasteiger partial charge in [0.25, 0.3) is 0 Å². The highest BCUT2D eigenvalue weighted by Crippen LogP contribution is 2.37. The Morgan fingerprint density at radius 2 is 1.76 bits per heavy atom. The maximum Gasteiger partial charge on any atom is 0.236 e. The molecule has 0 saturated carbocycles. The summed E-state index contributed by atoms with van der Waals surface area (Å²) >= 11 is 0. The second-order valence-electron chi connectivity index (χ2n) is 8.56. The lowest BCUT2D eigenvalue weighted by molar-refractivity contribution is -0.125. The Labute approximate surface area is 194 Å². The van der Waals surface area contributed by atoms with Crippen LogP contribution < -0.4 is 11.1 Å². The van der Waals surface area contributed by atoms with Gasteiger partial charge in [-0.15, -0.1) is 0 Å². The Bertz CT molecular complexity index is 1060. The third-order valence-corrected chi connectivity index (χ3v) is 6.36. The number of amides is 1. The van der Waals surface area contributed by atoms with E-state index in [1.165, 1.54) is 18.4 Å². The van der Waals surface area contributed by atoms with Crippen LogP contribution in [0, 0.1) is 0 Å². The molecular weight excluding hydrogens is 414 g/mol. The van der Waals surface area contributed by atoms with Crippen LogP contribution in [0.25, 0.3) is 11.1 Å². The molecule has 1 aromatic carbocycles. The van der Waals surface area contributed by atoms with Gasteiger partial charge in [0.1, 0.15) is 5.82 Å². The monoisotopic (exact) mass is 445 g/mol. The molecule has 33 heavy (non-hydrogen) atoms. The number of aryl methyl sites for hydroxylation is 1. The standard InChI is InChI=1S/C26H31N5O2/c1-2-3-4-5-19-10-13-28-23(16-19)31-24(32)26(11-14-33-15-12-26)22-8-6-20(7-9-22)21-17-29-25(27)30-18-21/h6-10,13,16-18H,2-5,11-12,14-15H2,1H3,(H2,27,29,30)(H,28,31,32). The fourth-order valence-corrected chi connectivity index (χ4v) is 4.35. The van der Waals surface area contributed by atoms with Gasteiger partial charge >= 0.3 is 0 Å². The first kappa shape index (κ1) is 22.9. The number of hydrogen-bond acceptors (Lipinski definition) is 6. The lowest BCUT2D eigenvalue weighted by atomic mass is 9.73. The molecule has 7 heteroatoms. The van der Waals surface area contributed by atoms with Crippen LogP contribution in [0.3, 0.4) is 0 Å². The smallest absolute Gasteiger partial charge is 0.236 e. The van der Waals surface area contributed by atoms with Crippen LogP contribution in [-0.2, 0) is 21.4 Å². The molecule has 3 heterocycles. The van der Waals surface area contributed by atoms with Crippen molar-refractivity contribution < 1.29 is 9.53 Å². The highest BCUT2D eigenvalue weighted by atomic mass is 16.5. The Balaban J connectivity index is 1.55. The molecule has 1 fully saturated rings. The molecule has 0 spiro atoms. The van der Waals surface area contributed by atoms with Crippen LogP contribution in [0.1, 0.15) is 50.2 Å². The SMILES string of the molecule is CCCCCc1ccnc(NC(=O)C2(c3ccc(-c4cnc(N)nc4)cc3)CCOCC2)c1. The summed E-state index contributed by atoms with van der Waals surface area (Å²) in [5.41, 5.74) is 8.97. The molecule has 0 bridgehead atoms. The molecule has 0 unspecified atom stereocenters. The number of carbonyl (C=O) groups is 1. The van der Waals surface area contributed by atoms with E-state index in [4.69, 9.17) is 10.5 Å². The van der Waals surface area contributed by atoms with Crippen LogP contribution in [-0.4, -0.2) is 34.1 Å². The van der Waals surface area contributed by atoms with E-state index in [1.807, 2.05) is 36.4 Å². The van der Waals surface area contributed by atoms with Crippen LogP contribution in [0.2, 0.25) is 0 Å². The van der Waals surface area contributed by atoms with Gasteiger partial charge in [-0.05, 0) is 54.5 Å². The van der Waals surface area contributed by atoms with Crippen molar-refractivity contribution in [1.29, 1.82) is 0 Å². The zero-order chi connectivity index (χ0) is 23.1. The van der Waals surface area contributed by atoms with E-state index in [9.17, 15) is 4.79 Å². The number of hydrogen-bond donors (Lipinski definition) is 2. The molecule has 1 aliphatic rings. The Kier molecular flexibility index (Phi) is 7.29. The van der Waals surface area contributed by atoms with Gasteiger partial charge < -0.3 is 15.8 Å². The summed E-state index contributed by atoms with van der Waals surface area (Å²) in [4.78, 5) is 26.1. The van der Waals surface area contributed by atoms with Gasteiger partial charge in [0.15, 0.2) is 0 Å². The number of anilines is 2. The van der Waals surface area contributed by atoms with Gasteiger partial charge in [0.2, 0.25) is 11.9 Å². The molecule has 7 nitrogen and oxygen atoms in total. The van der Waals surface area contributed by atoms with Gasteiger partial charge in [-0.2, -0.15) is 0 Å². The van der Waals surface area contributed by atoms with Crippen molar-refractivity contribution in [1.82, 2.24) is 15.0 Å². The van der Waals surface area contributed by atoms with E-state index in [0.717, 1.165) is 29.5 Å². The van der Waals surface area contributed by atoms with E-state index in [-0.39, 0.29) is 11.9 Å². The van der Waals surface area contributed by atoms with E-state index in [1.54, 1.807) is 18.6 Å². The highest BCUT2D eigenvalue weighted by molar-refractivity contribution is 5.98. The molecule has 2 aromatic heterocycles. The zero-order valence-corrected chi connectivity index (χ0v) is 19.1. The van der Waals surface area contributed by atoms with Crippen molar-refractivity contribution in [3.05, 3.63) is 66.1 Å². The predicted molar refractivity (Wildman–Crippen MR) is 130 cm³/mol. The molecular formula is C26H31N5O2. The number of rotatable bonds is 8. The van der Waals surface area contributed by atoms with Crippen molar-refractivity contribution in [2.75, 3.05) is 24.3 Å². The fraction of sp³-hybridized carbons (Fsp3) is 0.385. The molecule has 1 saturated heterocycles. The number of ether oxygens (including phenoxy) is 1. The molecule has 4 rings (SSSR count). The summed E-state index contributed by atoms with van der Waals surface area (Å²) in [5, 5.41) is 3.09. The Morgan fingerprint density at radius 1 is 1.03 bits per heavy atom. The van der Waals surface area contributed by atoms with E-state index in [2.05, 4.69) is 27.2 Å². The molecule has 1 amide bonds. The predicted octanol–water partition coefficient (Wildman–Crippen LogP) is 4.54. The minimum atomic E-state index is -0.658. The zero-order valence-electron chi connectivity index (χ0n) is 19.1. The number of nitrogens with zero attached hydrogens (tertiary/aromatic N) is 3. The van der Waals surface area contributed by atoms with Crippen LogP contribution >= 0.6 is 0 Å². The van der Waals surface area contributed by atoms with Crippen molar-refractivity contribution in [3.8, 4) is 11.1 Å². The number of nitrogen functional groups attached to an aromatic ring is 1. The van der Waals surface area contributed by atoms with Gasteiger partial charge in [-0.1, -0.05) is 44.0 Å². The second kappa shape index (κ2) is 10.5. The number of carbonyl (C=O) groups excluding carboxylic acids is 1. The van der Waals surface area contributed by atoms with Crippen molar-refractivity contribution in [2.24, 2.45) is 0 Å². The summed E-state index contributed by atoms with van der Waals surface area (Å²) in [5.74, 6) is 0.819. The second-order valence-corrected chi connectivity index (χ2v) is 8.56. The molecule has 0 atom stereocenters. The summed E-state index contributed by atoms with van der Waals surface area (Å²) in [6.07, 6.45) is 10.9. The quantitative estimate of drug-likeness (QED) is 0.494. The maximum atomic E-state index is 13.6. The number of unbranched alkanes of at least 4 members (excludes halogenated alkanes) is 2. The average molecular weight is 446 g/mol. The summed E-state index contributed by atoms with van der Waals surface area (Å²) < 4.78 is 5.60. The largest absolute Gasteiger partial charge is 0.381 e. The van der Waals surface area contributed by atoms with E-state index in [0.29, 0.717) is 31.9 Å². The maximum absolute atomic E-state index is 13.6. The number of nitrogens with two attached hydrogens (primary N) is 1.